The standard InChI is InChI=1S/C17H18Cl2N4O5/c1-3-28-15-7-11(13(23(25)26)8-14(15)27-2)17(24)21-5-4-20-16-12(19)6-10(18)9-22-16/h6-9H,3-5H2,1-2H3,(H,20,22)(H,21,24). The Morgan fingerprint density at radius 2 is 2.00 bits per heavy atom. The summed E-state index contributed by atoms with van der Waals surface area (Å²) in [7, 11) is 1.36. The molecule has 1 aromatic carbocycles. The van der Waals surface area contributed by atoms with Gasteiger partial charge in [0.15, 0.2) is 11.5 Å². The highest BCUT2D eigenvalue weighted by atomic mass is 35.5. The average Bonchev–Trinajstić information content (AvgIpc) is 2.66. The van der Waals surface area contributed by atoms with Gasteiger partial charge < -0.3 is 20.1 Å². The highest BCUT2D eigenvalue weighted by molar-refractivity contribution is 6.35. The predicted molar refractivity (Wildman–Crippen MR) is 106 cm³/mol. The summed E-state index contributed by atoms with van der Waals surface area (Å²) >= 11 is 11.8. The highest BCUT2D eigenvalue weighted by Crippen LogP contribution is 2.34. The minimum absolute atomic E-state index is 0.128. The molecule has 0 aliphatic carbocycles. The van der Waals surface area contributed by atoms with E-state index in [9.17, 15) is 14.9 Å². The van der Waals surface area contributed by atoms with E-state index in [1.807, 2.05) is 0 Å². The summed E-state index contributed by atoms with van der Waals surface area (Å²) < 4.78 is 10.5. The number of carbonyl (C=O) groups is 1. The number of nitrogens with zero attached hydrogens (tertiary/aromatic N) is 2. The molecular weight excluding hydrogens is 411 g/mol. The predicted octanol–water partition coefficient (Wildman–Crippen LogP) is 3.55. The van der Waals surface area contributed by atoms with Crippen LogP contribution < -0.4 is 20.1 Å². The Morgan fingerprint density at radius 3 is 2.61 bits per heavy atom. The van der Waals surface area contributed by atoms with Crippen molar-refractivity contribution in [1.82, 2.24) is 10.3 Å². The third-order valence-electron chi connectivity index (χ3n) is 3.53. The topological polar surface area (TPSA) is 116 Å². The number of benzene rings is 1. The lowest BCUT2D eigenvalue weighted by molar-refractivity contribution is -0.385. The van der Waals surface area contributed by atoms with Crippen molar-refractivity contribution in [2.24, 2.45) is 0 Å². The van der Waals surface area contributed by atoms with Gasteiger partial charge >= 0.3 is 0 Å². The molecule has 150 valence electrons. The first-order chi connectivity index (χ1) is 13.4. The summed E-state index contributed by atoms with van der Waals surface area (Å²) in [5, 5.41) is 17.6. The van der Waals surface area contributed by atoms with Crippen LogP contribution in [0, 0.1) is 10.1 Å². The van der Waals surface area contributed by atoms with Crippen molar-refractivity contribution < 1.29 is 19.2 Å². The molecule has 9 nitrogen and oxygen atoms in total. The van der Waals surface area contributed by atoms with Crippen LogP contribution in [0.2, 0.25) is 10.0 Å². The molecule has 0 aliphatic rings. The largest absolute Gasteiger partial charge is 0.493 e. The van der Waals surface area contributed by atoms with Crippen molar-refractivity contribution in [2.45, 2.75) is 6.92 Å². The molecule has 1 amide bonds. The first-order valence-electron chi connectivity index (χ1n) is 8.19. The fourth-order valence-corrected chi connectivity index (χ4v) is 2.75. The molecule has 0 bridgehead atoms. The zero-order valence-corrected chi connectivity index (χ0v) is 16.6. The molecule has 11 heteroatoms. The Kier molecular flexibility index (Phi) is 7.65. The van der Waals surface area contributed by atoms with Crippen molar-refractivity contribution in [2.75, 3.05) is 32.1 Å². The SMILES string of the molecule is CCOc1cc(C(=O)NCCNc2ncc(Cl)cc2Cl)c([N+](=O)[O-])cc1OC. The minimum atomic E-state index is -0.650. The summed E-state index contributed by atoms with van der Waals surface area (Å²) in [6.45, 7) is 2.53. The van der Waals surface area contributed by atoms with Gasteiger partial charge in [0.1, 0.15) is 11.4 Å². The first-order valence-corrected chi connectivity index (χ1v) is 8.95. The third kappa shape index (κ3) is 5.37. The second kappa shape index (κ2) is 9.95. The smallest absolute Gasteiger partial charge is 0.286 e. The maximum atomic E-state index is 12.5. The van der Waals surface area contributed by atoms with Gasteiger partial charge in [0.05, 0.1) is 34.8 Å². The van der Waals surface area contributed by atoms with Crippen molar-refractivity contribution >= 4 is 40.6 Å². The van der Waals surface area contributed by atoms with Crippen molar-refractivity contribution in [3.05, 3.63) is 50.1 Å². The Morgan fingerprint density at radius 1 is 1.25 bits per heavy atom. The van der Waals surface area contributed by atoms with Gasteiger partial charge in [-0.15, -0.1) is 0 Å². The summed E-state index contributed by atoms with van der Waals surface area (Å²) in [6.07, 6.45) is 1.43. The molecular formula is C17H18Cl2N4O5. The van der Waals surface area contributed by atoms with E-state index in [2.05, 4.69) is 15.6 Å². The van der Waals surface area contributed by atoms with Crippen LogP contribution in [0.15, 0.2) is 24.4 Å². The van der Waals surface area contributed by atoms with Gasteiger partial charge in [0.25, 0.3) is 11.6 Å². The Labute approximate surface area is 171 Å². The summed E-state index contributed by atoms with van der Waals surface area (Å²) in [5.41, 5.74) is -0.509. The maximum Gasteiger partial charge on any atom is 0.286 e. The Bertz CT molecular complexity index is 879. The molecule has 0 saturated heterocycles. The van der Waals surface area contributed by atoms with Crippen LogP contribution in [0.1, 0.15) is 17.3 Å². The molecule has 1 heterocycles. The molecule has 0 aliphatic heterocycles. The van der Waals surface area contributed by atoms with E-state index >= 15 is 0 Å². The molecule has 0 saturated carbocycles. The molecule has 2 rings (SSSR count). The number of rotatable bonds is 9. The van der Waals surface area contributed by atoms with Gasteiger partial charge in [-0.25, -0.2) is 4.98 Å². The molecule has 28 heavy (non-hydrogen) atoms. The number of hydrogen-bond donors (Lipinski definition) is 2. The number of aromatic nitrogens is 1. The maximum absolute atomic E-state index is 12.5. The lowest BCUT2D eigenvalue weighted by atomic mass is 10.1. The third-order valence-corrected chi connectivity index (χ3v) is 4.03. The van der Waals surface area contributed by atoms with Crippen molar-refractivity contribution in [1.29, 1.82) is 0 Å². The van der Waals surface area contributed by atoms with Crippen LogP contribution >= 0.6 is 23.2 Å². The molecule has 0 radical (unpaired) electrons. The molecule has 0 spiro atoms. The Hall–Kier alpha value is -2.78. The number of carbonyl (C=O) groups excluding carboxylic acids is 1. The molecule has 1 aromatic heterocycles. The number of amides is 1. The van der Waals surface area contributed by atoms with Crippen LogP contribution in [-0.4, -0.2) is 42.6 Å². The number of anilines is 1. The fraction of sp³-hybridized carbons (Fsp3) is 0.294. The molecule has 0 unspecified atom stereocenters. The van der Waals surface area contributed by atoms with Gasteiger partial charge in [-0.2, -0.15) is 0 Å². The molecule has 2 N–H and O–H groups in total. The number of nitrogens with one attached hydrogen (secondary N) is 2. The van der Waals surface area contributed by atoms with E-state index < -0.39 is 10.8 Å². The highest BCUT2D eigenvalue weighted by Gasteiger charge is 2.24. The zero-order chi connectivity index (χ0) is 20.7. The van der Waals surface area contributed by atoms with Gasteiger partial charge in [0.2, 0.25) is 0 Å². The lowest BCUT2D eigenvalue weighted by Crippen LogP contribution is -2.29. The van der Waals surface area contributed by atoms with Crippen LogP contribution in [0.4, 0.5) is 11.5 Å². The summed E-state index contributed by atoms with van der Waals surface area (Å²) in [5.74, 6) is 0.216. The first kappa shape index (κ1) is 21.5. The number of nitro benzene ring substituents is 1. The second-order valence-electron chi connectivity index (χ2n) is 5.38. The lowest BCUT2D eigenvalue weighted by Gasteiger charge is -2.12. The van der Waals surface area contributed by atoms with Gasteiger partial charge in [-0.1, -0.05) is 23.2 Å². The number of halogens is 2. The minimum Gasteiger partial charge on any atom is -0.493 e. The van der Waals surface area contributed by atoms with Gasteiger partial charge in [0, 0.05) is 25.4 Å². The van der Waals surface area contributed by atoms with Crippen molar-refractivity contribution in [3.63, 3.8) is 0 Å². The van der Waals surface area contributed by atoms with Crippen LogP contribution in [-0.2, 0) is 0 Å². The molecule has 2 aromatic rings. The monoisotopic (exact) mass is 428 g/mol. The number of methoxy groups -OCH3 is 1. The Balaban J connectivity index is 2.08. The fourth-order valence-electron chi connectivity index (χ4n) is 2.31. The van der Waals surface area contributed by atoms with E-state index in [-0.39, 0.29) is 29.3 Å². The van der Waals surface area contributed by atoms with Crippen LogP contribution in [0.5, 0.6) is 11.5 Å². The van der Waals surface area contributed by atoms with Crippen molar-refractivity contribution in [3.8, 4) is 11.5 Å². The molecule has 0 fully saturated rings. The zero-order valence-electron chi connectivity index (χ0n) is 15.1. The summed E-state index contributed by atoms with van der Waals surface area (Å²) in [6, 6.07) is 3.99. The van der Waals surface area contributed by atoms with Crippen LogP contribution in [0.25, 0.3) is 0 Å². The van der Waals surface area contributed by atoms with E-state index in [0.29, 0.717) is 29.0 Å². The normalized spacial score (nSPS) is 10.3. The van der Waals surface area contributed by atoms with E-state index in [1.165, 1.54) is 25.4 Å². The van der Waals surface area contributed by atoms with Crippen LogP contribution in [0.3, 0.4) is 0 Å². The van der Waals surface area contributed by atoms with E-state index in [1.54, 1.807) is 6.92 Å². The number of hydrogen-bond acceptors (Lipinski definition) is 7. The summed E-state index contributed by atoms with van der Waals surface area (Å²) in [4.78, 5) is 27.2. The molecule has 0 atom stereocenters. The van der Waals surface area contributed by atoms with Gasteiger partial charge in [-0.05, 0) is 13.0 Å². The quantitative estimate of drug-likeness (QED) is 0.356. The average molecular weight is 429 g/mol. The van der Waals surface area contributed by atoms with Gasteiger partial charge in [-0.3, -0.25) is 14.9 Å². The second-order valence-corrected chi connectivity index (χ2v) is 6.22. The number of ether oxygens (including phenoxy) is 2. The number of nitro groups is 1. The van der Waals surface area contributed by atoms with E-state index in [0.717, 1.165) is 6.07 Å². The number of pyridine rings is 1. The van der Waals surface area contributed by atoms with E-state index in [4.69, 9.17) is 32.7 Å².